The van der Waals surface area contributed by atoms with E-state index in [1.165, 1.54) is 0 Å². The van der Waals surface area contributed by atoms with Crippen LogP contribution in [0, 0.1) is 0 Å². The van der Waals surface area contributed by atoms with Crippen molar-refractivity contribution in [2.75, 3.05) is 7.05 Å². The van der Waals surface area contributed by atoms with Gasteiger partial charge in [-0.15, -0.1) is 24.8 Å². The third kappa shape index (κ3) is 5.67. The Hall–Kier alpha value is -1.56. The summed E-state index contributed by atoms with van der Waals surface area (Å²) in [5, 5.41) is 4.09. The maximum Gasteiger partial charge on any atom is 0.239 e. The van der Waals surface area contributed by atoms with Crippen LogP contribution in [0.5, 0.6) is 0 Å². The van der Waals surface area contributed by atoms with Gasteiger partial charge in [0.15, 0.2) is 0 Å². The lowest BCUT2D eigenvalue weighted by molar-refractivity contribution is -0.131. The summed E-state index contributed by atoms with van der Waals surface area (Å²) < 4.78 is 1.72. The van der Waals surface area contributed by atoms with E-state index >= 15 is 0 Å². The van der Waals surface area contributed by atoms with Gasteiger partial charge in [0.1, 0.15) is 0 Å². The zero-order valence-electron chi connectivity index (χ0n) is 12.7. The number of nitrogens with two attached hydrogens (primary N) is 1. The fourth-order valence-corrected chi connectivity index (χ4v) is 2.14. The van der Waals surface area contributed by atoms with Crippen molar-refractivity contribution in [1.29, 1.82) is 0 Å². The topological polar surface area (TPSA) is 64.2 Å². The SMILES string of the molecule is CN(Cc1cnn(C)c1)C(=O)C(N)Cc1ccccc1.Cl.Cl. The van der Waals surface area contributed by atoms with Crippen molar-refractivity contribution in [3.8, 4) is 0 Å². The average Bonchev–Trinajstić information content (AvgIpc) is 2.84. The number of likely N-dealkylation sites (N-methyl/N-ethyl adjacent to an activating group) is 1. The number of hydrogen-bond donors (Lipinski definition) is 1. The fraction of sp³-hybridized carbons (Fsp3) is 0.333. The molecule has 122 valence electrons. The fourth-order valence-electron chi connectivity index (χ4n) is 2.14. The quantitative estimate of drug-likeness (QED) is 0.899. The van der Waals surface area contributed by atoms with Crippen LogP contribution in [0.2, 0.25) is 0 Å². The second-order valence-electron chi connectivity index (χ2n) is 5.01. The Labute approximate surface area is 143 Å². The number of benzene rings is 1. The standard InChI is InChI=1S/C15H20N4O.2ClH/c1-18(10-13-9-17-19(2)11-13)15(20)14(16)8-12-6-4-3-5-7-12;;/h3-7,9,11,14H,8,10,16H2,1-2H3;2*1H. The van der Waals surface area contributed by atoms with Crippen LogP contribution < -0.4 is 5.73 Å². The first-order valence-electron chi connectivity index (χ1n) is 6.58. The van der Waals surface area contributed by atoms with Crippen LogP contribution in [0.1, 0.15) is 11.1 Å². The van der Waals surface area contributed by atoms with Gasteiger partial charge in [-0.3, -0.25) is 9.48 Å². The molecule has 1 amide bonds. The van der Waals surface area contributed by atoms with Crippen molar-refractivity contribution < 1.29 is 4.79 Å². The van der Waals surface area contributed by atoms with Crippen molar-refractivity contribution in [3.63, 3.8) is 0 Å². The molecule has 0 saturated heterocycles. The molecule has 2 N–H and O–H groups in total. The van der Waals surface area contributed by atoms with Crippen LogP contribution in [-0.2, 0) is 24.8 Å². The molecule has 2 rings (SSSR count). The number of aryl methyl sites for hydroxylation is 1. The summed E-state index contributed by atoms with van der Waals surface area (Å²) in [7, 11) is 3.62. The number of carbonyl (C=O) groups excluding carboxylic acids is 1. The highest BCUT2D eigenvalue weighted by Gasteiger charge is 2.18. The van der Waals surface area contributed by atoms with Gasteiger partial charge in [-0.05, 0) is 12.0 Å². The number of nitrogens with zero attached hydrogens (tertiary/aromatic N) is 3. The van der Waals surface area contributed by atoms with Gasteiger partial charge >= 0.3 is 0 Å². The molecular weight excluding hydrogens is 323 g/mol. The summed E-state index contributed by atoms with van der Waals surface area (Å²) in [6.45, 7) is 0.523. The van der Waals surface area contributed by atoms with E-state index in [9.17, 15) is 4.79 Å². The molecule has 22 heavy (non-hydrogen) atoms. The number of aromatic nitrogens is 2. The first kappa shape index (κ1) is 20.4. The summed E-state index contributed by atoms with van der Waals surface area (Å²) in [5.74, 6) is -0.0577. The number of amides is 1. The molecule has 0 aliphatic rings. The maximum absolute atomic E-state index is 12.2. The second-order valence-corrected chi connectivity index (χ2v) is 5.01. The summed E-state index contributed by atoms with van der Waals surface area (Å²) in [5.41, 5.74) is 8.06. The minimum absolute atomic E-state index is 0. The van der Waals surface area contributed by atoms with Gasteiger partial charge < -0.3 is 10.6 Å². The molecule has 0 bridgehead atoms. The zero-order valence-corrected chi connectivity index (χ0v) is 14.3. The minimum atomic E-state index is -0.515. The van der Waals surface area contributed by atoms with Gasteiger partial charge in [-0.1, -0.05) is 30.3 Å². The maximum atomic E-state index is 12.2. The second kappa shape index (κ2) is 9.46. The molecule has 7 heteroatoms. The Morgan fingerprint density at radius 2 is 1.91 bits per heavy atom. The Morgan fingerprint density at radius 1 is 1.27 bits per heavy atom. The molecule has 1 unspecified atom stereocenters. The van der Waals surface area contributed by atoms with Gasteiger partial charge in [0.05, 0.1) is 12.2 Å². The van der Waals surface area contributed by atoms with Gasteiger partial charge in [0.2, 0.25) is 5.91 Å². The Balaban J connectivity index is 0.00000220. The third-order valence-corrected chi connectivity index (χ3v) is 3.17. The lowest BCUT2D eigenvalue weighted by Crippen LogP contribution is -2.42. The van der Waals surface area contributed by atoms with Crippen LogP contribution >= 0.6 is 24.8 Å². The van der Waals surface area contributed by atoms with Crippen molar-refractivity contribution in [1.82, 2.24) is 14.7 Å². The molecule has 2 aromatic rings. The first-order valence-corrected chi connectivity index (χ1v) is 6.58. The number of rotatable bonds is 5. The van der Waals surface area contributed by atoms with E-state index in [4.69, 9.17) is 5.73 Å². The minimum Gasteiger partial charge on any atom is -0.340 e. The van der Waals surface area contributed by atoms with E-state index in [0.717, 1.165) is 11.1 Å². The molecule has 0 radical (unpaired) electrons. The van der Waals surface area contributed by atoms with Crippen molar-refractivity contribution in [2.45, 2.75) is 19.0 Å². The Kier molecular flexibility index (Phi) is 8.79. The van der Waals surface area contributed by atoms with Crippen molar-refractivity contribution in [3.05, 3.63) is 53.9 Å². The summed E-state index contributed by atoms with van der Waals surface area (Å²) in [6, 6.07) is 9.30. The van der Waals surface area contributed by atoms with E-state index in [1.54, 1.807) is 22.8 Å². The van der Waals surface area contributed by atoms with Crippen LogP contribution in [0.25, 0.3) is 0 Å². The summed E-state index contributed by atoms with van der Waals surface area (Å²) in [6.07, 6.45) is 4.20. The molecule has 0 aliphatic carbocycles. The van der Waals surface area contributed by atoms with E-state index < -0.39 is 6.04 Å². The van der Waals surface area contributed by atoms with Crippen LogP contribution in [0.3, 0.4) is 0 Å². The van der Waals surface area contributed by atoms with Crippen molar-refractivity contribution in [2.24, 2.45) is 12.8 Å². The Bertz CT molecular complexity index is 574. The molecule has 0 saturated carbocycles. The lowest BCUT2D eigenvalue weighted by Gasteiger charge is -2.20. The zero-order chi connectivity index (χ0) is 14.5. The molecule has 1 atom stereocenters. The van der Waals surface area contributed by atoms with E-state index in [0.29, 0.717) is 13.0 Å². The molecule has 0 spiro atoms. The van der Waals surface area contributed by atoms with E-state index in [1.807, 2.05) is 43.6 Å². The molecule has 1 heterocycles. The Morgan fingerprint density at radius 3 is 2.45 bits per heavy atom. The molecular formula is C15H22Cl2N4O. The highest BCUT2D eigenvalue weighted by atomic mass is 35.5. The molecule has 5 nitrogen and oxygen atoms in total. The summed E-state index contributed by atoms with van der Waals surface area (Å²) in [4.78, 5) is 13.9. The summed E-state index contributed by atoms with van der Waals surface area (Å²) >= 11 is 0. The van der Waals surface area contributed by atoms with Gasteiger partial charge in [0, 0.05) is 32.4 Å². The lowest BCUT2D eigenvalue weighted by atomic mass is 10.1. The largest absolute Gasteiger partial charge is 0.340 e. The van der Waals surface area contributed by atoms with Crippen LogP contribution in [-0.4, -0.2) is 33.7 Å². The van der Waals surface area contributed by atoms with E-state index in [2.05, 4.69) is 5.10 Å². The molecule has 1 aromatic carbocycles. The normalized spacial score (nSPS) is 11.0. The highest BCUT2D eigenvalue weighted by Crippen LogP contribution is 2.06. The number of hydrogen-bond acceptors (Lipinski definition) is 3. The highest BCUT2D eigenvalue weighted by molar-refractivity contribution is 5.85. The number of halogens is 2. The van der Waals surface area contributed by atoms with Gasteiger partial charge in [-0.25, -0.2) is 0 Å². The first-order chi connectivity index (χ1) is 9.56. The molecule has 0 fully saturated rings. The molecule has 1 aromatic heterocycles. The molecule has 0 aliphatic heterocycles. The monoisotopic (exact) mass is 344 g/mol. The third-order valence-electron chi connectivity index (χ3n) is 3.17. The van der Waals surface area contributed by atoms with Crippen LogP contribution in [0.4, 0.5) is 0 Å². The van der Waals surface area contributed by atoms with E-state index in [-0.39, 0.29) is 30.7 Å². The average molecular weight is 345 g/mol. The van der Waals surface area contributed by atoms with Gasteiger partial charge in [0.25, 0.3) is 0 Å². The smallest absolute Gasteiger partial charge is 0.239 e. The predicted octanol–water partition coefficient (Wildman–Crippen LogP) is 1.79. The van der Waals surface area contributed by atoms with Crippen molar-refractivity contribution >= 4 is 30.7 Å². The van der Waals surface area contributed by atoms with Crippen LogP contribution in [0.15, 0.2) is 42.7 Å². The van der Waals surface area contributed by atoms with Gasteiger partial charge in [-0.2, -0.15) is 5.10 Å². The number of carbonyl (C=O) groups is 1. The predicted molar refractivity (Wildman–Crippen MR) is 92.3 cm³/mol.